The second-order valence-corrected chi connectivity index (χ2v) is 6.94. The molecular weight excluding hydrogens is 212 g/mol. The second kappa shape index (κ2) is 8.10. The molecular formula is C15H32O2. The Morgan fingerprint density at radius 1 is 0.706 bits per heavy atom. The zero-order valence-electron chi connectivity index (χ0n) is 12.8. The maximum Gasteiger partial charge on any atom is 0.0598 e. The largest absolute Gasteiger partial charge is 0.381 e. The predicted octanol–water partition coefficient (Wildman–Crippen LogP) is 4.42. The van der Waals surface area contributed by atoms with Crippen LogP contribution in [0.4, 0.5) is 0 Å². The van der Waals surface area contributed by atoms with Crippen molar-refractivity contribution in [1.82, 2.24) is 0 Å². The van der Waals surface area contributed by atoms with Gasteiger partial charge in [-0.2, -0.15) is 0 Å². The Labute approximate surface area is 108 Å². The monoisotopic (exact) mass is 244 g/mol. The molecule has 17 heavy (non-hydrogen) atoms. The van der Waals surface area contributed by atoms with E-state index in [1.807, 2.05) is 0 Å². The Hall–Kier alpha value is -0.0800. The minimum Gasteiger partial charge on any atom is -0.381 e. The summed E-state index contributed by atoms with van der Waals surface area (Å²) in [4.78, 5) is 0. The molecule has 0 unspecified atom stereocenters. The second-order valence-electron chi connectivity index (χ2n) is 6.94. The molecule has 2 heteroatoms. The van der Waals surface area contributed by atoms with E-state index in [0.29, 0.717) is 5.41 Å². The minimum absolute atomic E-state index is 0.00318. The van der Waals surface area contributed by atoms with Gasteiger partial charge in [0.1, 0.15) is 0 Å². The lowest BCUT2D eigenvalue weighted by molar-refractivity contribution is -0.00542. The van der Waals surface area contributed by atoms with Crippen LogP contribution in [0.1, 0.15) is 67.2 Å². The fourth-order valence-corrected chi connectivity index (χ4v) is 1.34. The van der Waals surface area contributed by atoms with Crippen LogP contribution in [-0.4, -0.2) is 25.4 Å². The molecule has 0 aliphatic heterocycles. The third kappa shape index (κ3) is 15.9. The van der Waals surface area contributed by atoms with Crippen LogP contribution in [0, 0.1) is 5.41 Å². The molecule has 0 rings (SSSR count). The zero-order valence-corrected chi connectivity index (χ0v) is 12.8. The van der Waals surface area contributed by atoms with Crippen molar-refractivity contribution in [3.63, 3.8) is 0 Å². The lowest BCUT2D eigenvalue weighted by Gasteiger charge is -2.19. The molecule has 2 nitrogen and oxygen atoms in total. The number of ether oxygens (including phenoxy) is 2. The molecule has 0 heterocycles. The summed E-state index contributed by atoms with van der Waals surface area (Å²) in [6.07, 6.45) is 4.63. The summed E-state index contributed by atoms with van der Waals surface area (Å²) >= 11 is 0. The molecule has 0 radical (unpaired) electrons. The summed E-state index contributed by atoms with van der Waals surface area (Å²) in [5, 5.41) is 0. The van der Waals surface area contributed by atoms with Crippen molar-refractivity contribution in [2.75, 3.05) is 19.8 Å². The van der Waals surface area contributed by atoms with Crippen LogP contribution in [0.3, 0.4) is 0 Å². The zero-order chi connectivity index (χ0) is 13.4. The van der Waals surface area contributed by atoms with Crippen LogP contribution >= 0.6 is 0 Å². The highest BCUT2D eigenvalue weighted by Crippen LogP contribution is 2.17. The van der Waals surface area contributed by atoms with Gasteiger partial charge in [0.25, 0.3) is 0 Å². The van der Waals surface area contributed by atoms with Crippen molar-refractivity contribution in [1.29, 1.82) is 0 Å². The van der Waals surface area contributed by atoms with Crippen molar-refractivity contribution < 1.29 is 9.47 Å². The van der Waals surface area contributed by atoms with E-state index in [-0.39, 0.29) is 5.60 Å². The van der Waals surface area contributed by atoms with Gasteiger partial charge in [-0.3, -0.25) is 0 Å². The van der Waals surface area contributed by atoms with Crippen LogP contribution in [-0.2, 0) is 9.47 Å². The number of hydrogen-bond acceptors (Lipinski definition) is 2. The first-order valence-electron chi connectivity index (χ1n) is 6.92. The van der Waals surface area contributed by atoms with Gasteiger partial charge in [0.15, 0.2) is 0 Å². The van der Waals surface area contributed by atoms with Gasteiger partial charge in [-0.1, -0.05) is 20.8 Å². The molecule has 0 aromatic carbocycles. The molecule has 0 aromatic rings. The average Bonchev–Trinajstić information content (AvgIpc) is 2.11. The summed E-state index contributed by atoms with van der Waals surface area (Å²) in [5.41, 5.74) is 0.393. The summed E-state index contributed by atoms with van der Waals surface area (Å²) in [6, 6.07) is 0. The predicted molar refractivity (Wildman–Crippen MR) is 74.4 cm³/mol. The van der Waals surface area contributed by atoms with Crippen molar-refractivity contribution in [3.8, 4) is 0 Å². The van der Waals surface area contributed by atoms with Crippen LogP contribution in [0.15, 0.2) is 0 Å². The third-order valence-electron chi connectivity index (χ3n) is 2.46. The van der Waals surface area contributed by atoms with Crippen molar-refractivity contribution >= 4 is 0 Å². The lowest BCUT2D eigenvalue weighted by Crippen LogP contribution is -2.19. The highest BCUT2D eigenvalue weighted by atomic mass is 16.5. The normalized spacial score (nSPS) is 13.1. The Morgan fingerprint density at radius 2 is 1.29 bits per heavy atom. The van der Waals surface area contributed by atoms with E-state index in [0.717, 1.165) is 39.1 Å². The van der Waals surface area contributed by atoms with Gasteiger partial charge in [0.05, 0.1) is 5.60 Å². The highest BCUT2D eigenvalue weighted by Gasteiger charge is 2.09. The summed E-state index contributed by atoms with van der Waals surface area (Å²) in [7, 11) is 0. The molecule has 0 saturated carbocycles. The standard InChI is InChI=1S/C15H32O2/c1-14(2,3)10-13-16-11-8-7-9-12-17-15(4,5)6/h7-13H2,1-6H3. The van der Waals surface area contributed by atoms with Crippen molar-refractivity contribution in [2.45, 2.75) is 72.8 Å². The molecule has 0 saturated heterocycles. The van der Waals surface area contributed by atoms with E-state index in [2.05, 4.69) is 41.5 Å². The Bertz CT molecular complexity index is 154. The molecule has 0 aliphatic rings. The molecule has 0 spiro atoms. The quantitative estimate of drug-likeness (QED) is 0.588. The smallest absolute Gasteiger partial charge is 0.0598 e. The van der Waals surface area contributed by atoms with Gasteiger partial charge in [0.2, 0.25) is 0 Å². The van der Waals surface area contributed by atoms with Gasteiger partial charge in [-0.15, -0.1) is 0 Å². The molecule has 0 bridgehead atoms. The van der Waals surface area contributed by atoms with Gasteiger partial charge in [-0.25, -0.2) is 0 Å². The van der Waals surface area contributed by atoms with Gasteiger partial charge in [-0.05, 0) is 51.9 Å². The third-order valence-corrected chi connectivity index (χ3v) is 2.46. The van der Waals surface area contributed by atoms with E-state index < -0.39 is 0 Å². The Kier molecular flexibility index (Phi) is 8.06. The van der Waals surface area contributed by atoms with Gasteiger partial charge in [0, 0.05) is 19.8 Å². The fraction of sp³-hybridized carbons (Fsp3) is 1.00. The Balaban J connectivity index is 3.15. The number of hydrogen-bond donors (Lipinski definition) is 0. The van der Waals surface area contributed by atoms with E-state index in [1.165, 1.54) is 6.42 Å². The van der Waals surface area contributed by atoms with E-state index in [4.69, 9.17) is 9.47 Å². The molecule has 0 aliphatic carbocycles. The average molecular weight is 244 g/mol. The van der Waals surface area contributed by atoms with E-state index in [1.54, 1.807) is 0 Å². The van der Waals surface area contributed by atoms with E-state index >= 15 is 0 Å². The number of unbranched alkanes of at least 4 members (excludes halogenated alkanes) is 2. The highest BCUT2D eigenvalue weighted by molar-refractivity contribution is 4.60. The summed E-state index contributed by atoms with van der Waals surface area (Å²) in [5.74, 6) is 0. The summed E-state index contributed by atoms with van der Waals surface area (Å²) < 4.78 is 11.3. The van der Waals surface area contributed by atoms with Crippen LogP contribution in [0.25, 0.3) is 0 Å². The summed E-state index contributed by atoms with van der Waals surface area (Å²) in [6.45, 7) is 15.7. The van der Waals surface area contributed by atoms with Crippen LogP contribution in [0.5, 0.6) is 0 Å². The minimum atomic E-state index is 0.00318. The molecule has 0 fully saturated rings. The van der Waals surface area contributed by atoms with Gasteiger partial charge < -0.3 is 9.47 Å². The molecule has 0 aromatic heterocycles. The van der Waals surface area contributed by atoms with Crippen molar-refractivity contribution in [2.24, 2.45) is 5.41 Å². The van der Waals surface area contributed by atoms with Crippen LogP contribution in [0.2, 0.25) is 0 Å². The Morgan fingerprint density at radius 3 is 1.82 bits per heavy atom. The van der Waals surface area contributed by atoms with Gasteiger partial charge >= 0.3 is 0 Å². The fourth-order valence-electron chi connectivity index (χ4n) is 1.34. The molecule has 104 valence electrons. The van der Waals surface area contributed by atoms with Crippen molar-refractivity contribution in [3.05, 3.63) is 0 Å². The first-order chi connectivity index (χ1) is 7.71. The molecule has 0 N–H and O–H groups in total. The lowest BCUT2D eigenvalue weighted by atomic mass is 9.93. The molecule has 0 atom stereocenters. The SMILES string of the molecule is CC(C)(C)CCOCCCCCOC(C)(C)C. The number of rotatable bonds is 8. The maximum absolute atomic E-state index is 5.66. The molecule has 0 amide bonds. The van der Waals surface area contributed by atoms with Crippen LogP contribution < -0.4 is 0 Å². The maximum atomic E-state index is 5.66. The topological polar surface area (TPSA) is 18.5 Å². The van der Waals surface area contributed by atoms with E-state index in [9.17, 15) is 0 Å². The first-order valence-corrected chi connectivity index (χ1v) is 6.92. The first kappa shape index (κ1) is 16.9.